The molecule has 0 aliphatic carbocycles. The van der Waals surface area contributed by atoms with Crippen molar-refractivity contribution in [2.75, 3.05) is 18.5 Å². The zero-order valence-corrected chi connectivity index (χ0v) is 10.8. The van der Waals surface area contributed by atoms with Crippen LogP contribution in [0.2, 0.25) is 5.02 Å². The van der Waals surface area contributed by atoms with Crippen LogP contribution in [0.25, 0.3) is 11.0 Å². The average molecular weight is 269 g/mol. The third-order valence-corrected chi connectivity index (χ3v) is 2.98. The van der Waals surface area contributed by atoms with Gasteiger partial charge in [-0.1, -0.05) is 23.7 Å². The lowest BCUT2D eigenvalue weighted by Crippen LogP contribution is -2.28. The highest BCUT2D eigenvalue weighted by atomic mass is 35.5. The summed E-state index contributed by atoms with van der Waals surface area (Å²) in [5.41, 5.74) is 0.629. The largest absolute Gasteiger partial charge is 0.481 e. The van der Waals surface area contributed by atoms with E-state index in [-0.39, 0.29) is 0 Å². The van der Waals surface area contributed by atoms with E-state index in [0.717, 1.165) is 5.39 Å². The van der Waals surface area contributed by atoms with Gasteiger partial charge in [0.25, 0.3) is 0 Å². The number of hydrogen-bond acceptors (Lipinski definition) is 4. The number of rotatable bonds is 4. The van der Waals surface area contributed by atoms with E-state index < -0.39 is 11.9 Å². The summed E-state index contributed by atoms with van der Waals surface area (Å²) in [7, 11) is 1.78. The number of carbonyl (C=O) groups is 1. The highest BCUT2D eigenvalue weighted by Gasteiger charge is 2.18. The summed E-state index contributed by atoms with van der Waals surface area (Å²) in [6.45, 7) is 2.00. The average Bonchev–Trinajstić information content (AvgIpc) is 2.71. The molecule has 0 aliphatic rings. The van der Waals surface area contributed by atoms with Gasteiger partial charge in [-0.3, -0.25) is 4.79 Å². The maximum Gasteiger partial charge on any atom is 0.308 e. The van der Waals surface area contributed by atoms with Crippen LogP contribution in [0.5, 0.6) is 0 Å². The van der Waals surface area contributed by atoms with Crippen LogP contribution in [0.15, 0.2) is 22.7 Å². The normalized spacial score (nSPS) is 12.6. The molecule has 0 amide bonds. The summed E-state index contributed by atoms with van der Waals surface area (Å²) in [6.07, 6.45) is 0. The Balaban J connectivity index is 2.30. The first-order chi connectivity index (χ1) is 8.49. The highest BCUT2D eigenvalue weighted by Crippen LogP contribution is 2.28. The number of hydrogen-bond donors (Lipinski definition) is 1. The molecule has 0 saturated heterocycles. The molecule has 0 spiro atoms. The lowest BCUT2D eigenvalue weighted by atomic mass is 10.1. The van der Waals surface area contributed by atoms with Crippen LogP contribution in [0.4, 0.5) is 5.82 Å². The monoisotopic (exact) mass is 268 g/mol. The van der Waals surface area contributed by atoms with Gasteiger partial charge in [0.15, 0.2) is 11.4 Å². The molecule has 6 heteroatoms. The maximum atomic E-state index is 10.8. The van der Waals surface area contributed by atoms with Crippen LogP contribution in [-0.2, 0) is 4.79 Å². The molecule has 1 aromatic heterocycles. The second-order valence-corrected chi connectivity index (χ2v) is 4.70. The van der Waals surface area contributed by atoms with Crippen LogP contribution in [0.3, 0.4) is 0 Å². The van der Waals surface area contributed by atoms with Gasteiger partial charge in [0.2, 0.25) is 0 Å². The minimum atomic E-state index is -0.840. The van der Waals surface area contributed by atoms with Gasteiger partial charge in [-0.05, 0) is 18.2 Å². The molecule has 0 aliphatic heterocycles. The summed E-state index contributed by atoms with van der Waals surface area (Å²) < 4.78 is 5.17. The number of aromatic nitrogens is 1. The van der Waals surface area contributed by atoms with Gasteiger partial charge in [-0.2, -0.15) is 0 Å². The van der Waals surface area contributed by atoms with Gasteiger partial charge in [-0.15, -0.1) is 0 Å². The molecule has 1 heterocycles. The van der Waals surface area contributed by atoms with E-state index in [4.69, 9.17) is 21.2 Å². The third kappa shape index (κ3) is 2.41. The number of carboxylic acids is 1. The van der Waals surface area contributed by atoms with Gasteiger partial charge in [0.1, 0.15) is 0 Å². The molecular weight excluding hydrogens is 256 g/mol. The van der Waals surface area contributed by atoms with E-state index in [1.54, 1.807) is 37.1 Å². The first-order valence-corrected chi connectivity index (χ1v) is 5.85. The van der Waals surface area contributed by atoms with Gasteiger partial charge >= 0.3 is 5.97 Å². The Morgan fingerprint density at radius 1 is 1.61 bits per heavy atom. The van der Waals surface area contributed by atoms with Crippen molar-refractivity contribution >= 4 is 34.4 Å². The van der Waals surface area contributed by atoms with E-state index in [0.29, 0.717) is 23.0 Å². The molecule has 96 valence electrons. The lowest BCUT2D eigenvalue weighted by molar-refractivity contribution is -0.140. The number of fused-ring (bicyclic) bond motifs is 1. The molecule has 1 unspecified atom stereocenters. The summed E-state index contributed by atoms with van der Waals surface area (Å²) in [4.78, 5) is 12.6. The van der Waals surface area contributed by atoms with Crippen LogP contribution in [0.1, 0.15) is 6.92 Å². The highest BCUT2D eigenvalue weighted by molar-refractivity contribution is 6.31. The number of aliphatic carboxylic acids is 1. The summed E-state index contributed by atoms with van der Waals surface area (Å²) in [6, 6.07) is 5.21. The van der Waals surface area contributed by atoms with E-state index in [1.165, 1.54) is 0 Å². The zero-order valence-electron chi connectivity index (χ0n) is 10.1. The number of halogens is 1. The van der Waals surface area contributed by atoms with E-state index in [1.807, 2.05) is 0 Å². The van der Waals surface area contributed by atoms with Gasteiger partial charge in [0.05, 0.1) is 11.3 Å². The van der Waals surface area contributed by atoms with Crippen LogP contribution >= 0.6 is 11.6 Å². The van der Waals surface area contributed by atoms with Crippen molar-refractivity contribution in [2.24, 2.45) is 5.92 Å². The van der Waals surface area contributed by atoms with Crippen molar-refractivity contribution in [2.45, 2.75) is 6.92 Å². The predicted octanol–water partition coefficient (Wildman–Crippen LogP) is 2.64. The summed E-state index contributed by atoms with van der Waals surface area (Å²) >= 11 is 5.93. The molecule has 1 aromatic carbocycles. The fourth-order valence-corrected chi connectivity index (χ4v) is 1.92. The standard InChI is InChI=1S/C12H13ClN2O3/c1-7(12(16)17)6-15(2)11-9-5-8(13)3-4-10(9)18-14-11/h3-5,7H,6H2,1-2H3,(H,16,17). The Morgan fingerprint density at radius 2 is 2.33 bits per heavy atom. The summed E-state index contributed by atoms with van der Waals surface area (Å²) in [5.74, 6) is -0.728. The molecule has 0 bridgehead atoms. The summed E-state index contributed by atoms with van der Waals surface area (Å²) in [5, 5.41) is 14.2. The van der Waals surface area contributed by atoms with Gasteiger partial charge in [0, 0.05) is 18.6 Å². The predicted molar refractivity (Wildman–Crippen MR) is 69.1 cm³/mol. The lowest BCUT2D eigenvalue weighted by Gasteiger charge is -2.18. The second kappa shape index (κ2) is 4.86. The van der Waals surface area contributed by atoms with Crippen LogP contribution in [-0.4, -0.2) is 29.8 Å². The molecule has 1 atom stereocenters. The quantitative estimate of drug-likeness (QED) is 0.923. The van der Waals surface area contributed by atoms with Gasteiger partial charge < -0.3 is 14.5 Å². The fourth-order valence-electron chi connectivity index (χ4n) is 1.75. The molecule has 18 heavy (non-hydrogen) atoms. The molecule has 1 N–H and O–H groups in total. The Labute approximate surface area is 109 Å². The van der Waals surface area contributed by atoms with Crippen LogP contribution in [0, 0.1) is 5.92 Å². The smallest absolute Gasteiger partial charge is 0.308 e. The molecule has 0 fully saturated rings. The number of carboxylic acid groups (broad SMARTS) is 1. The Kier molecular flexibility index (Phi) is 3.43. The number of anilines is 1. The molecule has 2 aromatic rings. The van der Waals surface area contributed by atoms with Crippen LogP contribution < -0.4 is 4.90 Å². The van der Waals surface area contributed by atoms with E-state index >= 15 is 0 Å². The van der Waals surface area contributed by atoms with Gasteiger partial charge in [-0.25, -0.2) is 0 Å². The van der Waals surface area contributed by atoms with Crippen molar-refractivity contribution in [3.8, 4) is 0 Å². The Hall–Kier alpha value is -1.75. The SMILES string of the molecule is CC(CN(C)c1noc2ccc(Cl)cc12)C(=O)O. The van der Waals surface area contributed by atoms with E-state index in [9.17, 15) is 4.79 Å². The molecule has 0 saturated carbocycles. The Bertz CT molecular complexity index is 582. The minimum absolute atomic E-state index is 0.351. The van der Waals surface area contributed by atoms with Crippen molar-refractivity contribution in [3.05, 3.63) is 23.2 Å². The number of benzene rings is 1. The minimum Gasteiger partial charge on any atom is -0.481 e. The first-order valence-electron chi connectivity index (χ1n) is 5.48. The molecule has 5 nitrogen and oxygen atoms in total. The van der Waals surface area contributed by atoms with Crippen molar-refractivity contribution in [1.82, 2.24) is 5.16 Å². The molecule has 0 radical (unpaired) electrons. The molecular formula is C12H13ClN2O3. The van der Waals surface area contributed by atoms with Crippen molar-refractivity contribution < 1.29 is 14.4 Å². The van der Waals surface area contributed by atoms with Crippen molar-refractivity contribution in [1.29, 1.82) is 0 Å². The zero-order chi connectivity index (χ0) is 13.3. The topological polar surface area (TPSA) is 66.6 Å². The van der Waals surface area contributed by atoms with Crippen molar-refractivity contribution in [3.63, 3.8) is 0 Å². The maximum absolute atomic E-state index is 10.8. The number of nitrogens with zero attached hydrogens (tertiary/aromatic N) is 2. The fraction of sp³-hybridized carbons (Fsp3) is 0.333. The molecule has 2 rings (SSSR count). The van der Waals surface area contributed by atoms with E-state index in [2.05, 4.69) is 5.16 Å². The third-order valence-electron chi connectivity index (χ3n) is 2.74. The first kappa shape index (κ1) is 12.7. The second-order valence-electron chi connectivity index (χ2n) is 4.27. The Morgan fingerprint density at radius 3 is 3.00 bits per heavy atom.